The van der Waals surface area contributed by atoms with Gasteiger partial charge in [0, 0.05) is 12.4 Å². The number of allylic oxidation sites excluding steroid dienone is 3. The van der Waals surface area contributed by atoms with E-state index in [9.17, 15) is 0 Å². The molecule has 3 rings (SSSR count). The molecule has 0 aliphatic heterocycles. The summed E-state index contributed by atoms with van der Waals surface area (Å²) in [5, 5.41) is 0. The largest absolute Gasteiger partial charge is 0.255 e. The third-order valence-corrected chi connectivity index (χ3v) is 3.31. The van der Waals surface area contributed by atoms with Gasteiger partial charge in [-0.15, -0.1) is 0 Å². The van der Waals surface area contributed by atoms with Crippen molar-refractivity contribution in [3.05, 3.63) is 66.0 Å². The van der Waals surface area contributed by atoms with Crippen molar-refractivity contribution in [2.45, 2.75) is 33.1 Å². The summed E-state index contributed by atoms with van der Waals surface area (Å²) in [6.45, 7) is 4.36. The van der Waals surface area contributed by atoms with E-state index in [2.05, 4.69) is 48.1 Å². The molecule has 0 aromatic carbocycles. The van der Waals surface area contributed by atoms with Crippen molar-refractivity contribution < 1.29 is 0 Å². The zero-order valence-electron chi connectivity index (χ0n) is 12.8. The normalized spacial score (nSPS) is 12.1. The minimum absolute atomic E-state index is 0.924. The van der Waals surface area contributed by atoms with E-state index in [1.807, 2.05) is 30.5 Å². The number of nitrogens with zero attached hydrogens (tertiary/aromatic N) is 2. The number of aromatic nitrogens is 2. The molecule has 0 saturated carbocycles. The highest BCUT2D eigenvalue weighted by atomic mass is 14.8. The molecule has 0 radical (unpaired) electrons. The number of pyridine rings is 2. The highest BCUT2D eigenvalue weighted by Crippen LogP contribution is 2.20. The van der Waals surface area contributed by atoms with Crippen molar-refractivity contribution in [3.8, 4) is 11.4 Å². The first-order valence-electron chi connectivity index (χ1n) is 7.58. The van der Waals surface area contributed by atoms with E-state index >= 15 is 0 Å². The van der Waals surface area contributed by atoms with Crippen LogP contribution in [0.5, 0.6) is 0 Å². The van der Waals surface area contributed by atoms with E-state index in [1.54, 1.807) is 6.20 Å². The lowest BCUT2D eigenvalue weighted by molar-refractivity contribution is 0.886. The zero-order chi connectivity index (χ0) is 14.9. The van der Waals surface area contributed by atoms with E-state index < -0.39 is 0 Å². The highest BCUT2D eigenvalue weighted by molar-refractivity contribution is 5.62. The van der Waals surface area contributed by atoms with Gasteiger partial charge in [0.05, 0.1) is 11.4 Å². The lowest BCUT2D eigenvalue weighted by Crippen LogP contribution is -1.92. The maximum absolute atomic E-state index is 4.46. The Morgan fingerprint density at radius 2 is 1.86 bits per heavy atom. The molecule has 0 spiro atoms. The van der Waals surface area contributed by atoms with Gasteiger partial charge < -0.3 is 0 Å². The van der Waals surface area contributed by atoms with Gasteiger partial charge in [0.25, 0.3) is 0 Å². The molecule has 1 aliphatic rings. The van der Waals surface area contributed by atoms with E-state index in [4.69, 9.17) is 0 Å². The Kier molecular flexibility index (Phi) is 5.89. The highest BCUT2D eigenvalue weighted by Gasteiger charge is 2.05. The van der Waals surface area contributed by atoms with E-state index in [0.717, 1.165) is 17.8 Å². The Morgan fingerprint density at radius 3 is 2.57 bits per heavy atom. The molecule has 0 saturated heterocycles. The van der Waals surface area contributed by atoms with Crippen molar-refractivity contribution in [1.82, 2.24) is 9.97 Å². The second-order valence-corrected chi connectivity index (χ2v) is 4.97. The minimum Gasteiger partial charge on any atom is -0.255 e. The molecule has 0 N–H and O–H groups in total. The lowest BCUT2D eigenvalue weighted by atomic mass is 10.1. The van der Waals surface area contributed by atoms with Crippen molar-refractivity contribution in [1.29, 1.82) is 0 Å². The number of rotatable bonds is 2. The van der Waals surface area contributed by atoms with Crippen LogP contribution in [-0.2, 0) is 6.42 Å². The summed E-state index contributed by atoms with van der Waals surface area (Å²) >= 11 is 0. The Labute approximate surface area is 127 Å². The van der Waals surface area contributed by atoms with Crippen molar-refractivity contribution in [2.24, 2.45) is 0 Å². The molecule has 0 bridgehead atoms. The lowest BCUT2D eigenvalue weighted by Gasteiger charge is -2.05. The fraction of sp³-hybridized carbons (Fsp3) is 0.263. The molecule has 108 valence electrons. The number of fused-ring (bicyclic) bond motifs is 1. The van der Waals surface area contributed by atoms with Crippen molar-refractivity contribution in [3.63, 3.8) is 0 Å². The SMILES string of the molecule is C1=CCc2cc(-c3ccccn3)ncc2C=C1.CCCC. The first-order valence-corrected chi connectivity index (χ1v) is 7.58. The average molecular weight is 278 g/mol. The molecular formula is C19H22N2. The van der Waals surface area contributed by atoms with Gasteiger partial charge in [-0.1, -0.05) is 57.1 Å². The van der Waals surface area contributed by atoms with Crippen molar-refractivity contribution >= 4 is 6.08 Å². The average Bonchev–Trinajstić information content (AvgIpc) is 2.80. The van der Waals surface area contributed by atoms with Gasteiger partial charge in [-0.3, -0.25) is 9.97 Å². The maximum atomic E-state index is 4.46. The van der Waals surface area contributed by atoms with Crippen LogP contribution in [0.2, 0.25) is 0 Å². The van der Waals surface area contributed by atoms with Gasteiger partial charge in [-0.25, -0.2) is 0 Å². The molecule has 1 aliphatic carbocycles. The van der Waals surface area contributed by atoms with Crippen LogP contribution in [0.3, 0.4) is 0 Å². The summed E-state index contributed by atoms with van der Waals surface area (Å²) in [5.74, 6) is 0. The van der Waals surface area contributed by atoms with Crippen LogP contribution >= 0.6 is 0 Å². The molecule has 0 atom stereocenters. The summed E-state index contributed by atoms with van der Waals surface area (Å²) in [6.07, 6.45) is 15.7. The molecule has 0 fully saturated rings. The van der Waals surface area contributed by atoms with Crippen LogP contribution in [0.1, 0.15) is 37.8 Å². The predicted octanol–water partition coefficient (Wildman–Crippen LogP) is 5.08. The van der Waals surface area contributed by atoms with E-state index in [0.29, 0.717) is 0 Å². The summed E-state index contributed by atoms with van der Waals surface area (Å²) in [5.41, 5.74) is 4.35. The quantitative estimate of drug-likeness (QED) is 0.766. The van der Waals surface area contributed by atoms with Crippen molar-refractivity contribution in [2.75, 3.05) is 0 Å². The monoisotopic (exact) mass is 278 g/mol. The molecule has 2 nitrogen and oxygen atoms in total. The fourth-order valence-corrected chi connectivity index (χ4v) is 1.92. The zero-order valence-corrected chi connectivity index (χ0v) is 12.8. The van der Waals surface area contributed by atoms with Gasteiger partial charge >= 0.3 is 0 Å². The van der Waals surface area contributed by atoms with Crippen LogP contribution in [0.25, 0.3) is 17.5 Å². The second kappa shape index (κ2) is 8.15. The van der Waals surface area contributed by atoms with Crippen LogP contribution in [-0.4, -0.2) is 9.97 Å². The molecular weight excluding hydrogens is 256 g/mol. The van der Waals surface area contributed by atoms with E-state index in [-0.39, 0.29) is 0 Å². The molecule has 0 unspecified atom stereocenters. The third-order valence-electron chi connectivity index (χ3n) is 3.31. The smallest absolute Gasteiger partial charge is 0.0889 e. The van der Waals surface area contributed by atoms with Gasteiger partial charge in [0.2, 0.25) is 0 Å². The van der Waals surface area contributed by atoms with Gasteiger partial charge in [-0.05, 0) is 35.7 Å². The Balaban J connectivity index is 0.000000361. The molecule has 2 heterocycles. The fourth-order valence-electron chi connectivity index (χ4n) is 1.92. The molecule has 0 amide bonds. The number of unbranched alkanes of at least 4 members (excludes halogenated alkanes) is 1. The Bertz CT molecular complexity index is 611. The summed E-state index contributed by atoms with van der Waals surface area (Å²) in [4.78, 5) is 8.79. The summed E-state index contributed by atoms with van der Waals surface area (Å²) in [7, 11) is 0. The van der Waals surface area contributed by atoms with Crippen LogP contribution < -0.4 is 0 Å². The minimum atomic E-state index is 0.924. The molecule has 2 aromatic rings. The van der Waals surface area contributed by atoms with Gasteiger partial charge in [0.1, 0.15) is 0 Å². The standard InChI is InChI=1S/C15H12N2.C4H10/c1-2-6-12-10-15(14-8-4-5-9-16-14)17-11-13(12)7-3-1;1-3-4-2/h1-5,7-11H,6H2;3-4H2,1-2H3. The second-order valence-electron chi connectivity index (χ2n) is 4.97. The Hall–Kier alpha value is -2.22. The topological polar surface area (TPSA) is 25.8 Å². The first-order chi connectivity index (χ1) is 10.3. The molecule has 2 aromatic heterocycles. The Morgan fingerprint density at radius 1 is 1.00 bits per heavy atom. The number of hydrogen-bond donors (Lipinski definition) is 0. The molecule has 2 heteroatoms. The van der Waals surface area contributed by atoms with Crippen LogP contribution in [0, 0.1) is 0 Å². The first kappa shape index (κ1) is 15.2. The summed E-state index contributed by atoms with van der Waals surface area (Å²) < 4.78 is 0. The third kappa shape index (κ3) is 4.38. The van der Waals surface area contributed by atoms with E-state index in [1.165, 1.54) is 24.0 Å². The van der Waals surface area contributed by atoms with Gasteiger partial charge in [-0.2, -0.15) is 0 Å². The predicted molar refractivity (Wildman–Crippen MR) is 89.9 cm³/mol. The number of hydrogen-bond acceptors (Lipinski definition) is 2. The molecule has 21 heavy (non-hydrogen) atoms. The summed E-state index contributed by atoms with van der Waals surface area (Å²) in [6, 6.07) is 8.00. The maximum Gasteiger partial charge on any atom is 0.0889 e. The van der Waals surface area contributed by atoms with Gasteiger partial charge in [0.15, 0.2) is 0 Å². The van der Waals surface area contributed by atoms with Crippen LogP contribution in [0.4, 0.5) is 0 Å². The van der Waals surface area contributed by atoms with Crippen LogP contribution in [0.15, 0.2) is 54.9 Å².